The van der Waals surface area contributed by atoms with Crippen LogP contribution in [0.5, 0.6) is 0 Å². The van der Waals surface area contributed by atoms with E-state index >= 15 is 0 Å². The molecule has 0 spiro atoms. The molecule has 0 heterocycles. The number of carbonyl (C=O) groups is 1. The minimum absolute atomic E-state index is 0.373. The summed E-state index contributed by atoms with van der Waals surface area (Å²) in [5, 5.41) is 9.10. The van der Waals surface area contributed by atoms with Crippen LogP contribution in [0.3, 0.4) is 0 Å². The van der Waals surface area contributed by atoms with Crippen molar-refractivity contribution < 1.29 is 14.6 Å². The van der Waals surface area contributed by atoms with E-state index in [9.17, 15) is 4.79 Å². The Morgan fingerprint density at radius 2 is 1.79 bits per heavy atom. The molecule has 0 bridgehead atoms. The smallest absolute Gasteiger partial charge is 0.335 e. The van der Waals surface area contributed by atoms with Crippen LogP contribution in [-0.4, -0.2) is 22.3 Å². The van der Waals surface area contributed by atoms with Crippen molar-refractivity contribution in [1.82, 2.24) is 0 Å². The zero-order valence-electron chi connectivity index (χ0n) is 9.89. The maximum absolute atomic E-state index is 11.1. The average molecular weight is 202 g/mol. The van der Waals surface area contributed by atoms with Crippen molar-refractivity contribution in [2.75, 3.05) is 0 Å². The molecule has 14 heavy (non-hydrogen) atoms. The lowest BCUT2D eigenvalue weighted by molar-refractivity contribution is -0.185. The van der Waals surface area contributed by atoms with Crippen LogP contribution in [0, 0.1) is 0 Å². The van der Waals surface area contributed by atoms with Crippen molar-refractivity contribution in [1.29, 1.82) is 0 Å². The van der Waals surface area contributed by atoms with Gasteiger partial charge in [0, 0.05) is 0 Å². The maximum Gasteiger partial charge on any atom is 0.335 e. The van der Waals surface area contributed by atoms with Crippen molar-refractivity contribution >= 4 is 5.97 Å². The van der Waals surface area contributed by atoms with E-state index < -0.39 is 11.6 Å². The fraction of sp³-hybridized carbons (Fsp3) is 0.909. The van der Waals surface area contributed by atoms with E-state index in [2.05, 4.69) is 0 Å². The Balaban J connectivity index is 4.60. The lowest BCUT2D eigenvalue weighted by Crippen LogP contribution is -2.45. The highest BCUT2D eigenvalue weighted by Crippen LogP contribution is 2.27. The van der Waals surface area contributed by atoms with Gasteiger partial charge in [-0.25, -0.2) is 4.79 Å². The molecule has 1 atom stereocenters. The lowest BCUT2D eigenvalue weighted by atomic mass is 9.97. The second-order valence-electron chi connectivity index (χ2n) is 4.50. The number of carboxylic acid groups (broad SMARTS) is 1. The SMILES string of the molecule is CCCC(C)(OC(C)(C)CC)C(=O)O. The van der Waals surface area contributed by atoms with Gasteiger partial charge in [-0.05, 0) is 33.6 Å². The average Bonchev–Trinajstić information content (AvgIpc) is 2.03. The highest BCUT2D eigenvalue weighted by Gasteiger charge is 2.38. The number of ether oxygens (including phenoxy) is 1. The van der Waals surface area contributed by atoms with Gasteiger partial charge in [-0.3, -0.25) is 0 Å². The highest BCUT2D eigenvalue weighted by atomic mass is 16.5. The first-order valence-electron chi connectivity index (χ1n) is 5.21. The van der Waals surface area contributed by atoms with Crippen molar-refractivity contribution in [3.63, 3.8) is 0 Å². The quantitative estimate of drug-likeness (QED) is 0.720. The molecule has 0 rings (SSSR count). The molecule has 0 aliphatic heterocycles. The number of aliphatic carboxylic acids is 1. The molecule has 0 aliphatic rings. The molecule has 3 heteroatoms. The predicted octanol–water partition coefficient (Wildman–Crippen LogP) is 2.84. The molecule has 0 aromatic heterocycles. The van der Waals surface area contributed by atoms with Crippen molar-refractivity contribution in [3.8, 4) is 0 Å². The maximum atomic E-state index is 11.1. The first-order valence-corrected chi connectivity index (χ1v) is 5.21. The van der Waals surface area contributed by atoms with Gasteiger partial charge in [-0.1, -0.05) is 20.3 Å². The zero-order valence-corrected chi connectivity index (χ0v) is 9.89. The van der Waals surface area contributed by atoms with Gasteiger partial charge in [0.25, 0.3) is 0 Å². The van der Waals surface area contributed by atoms with Crippen LogP contribution in [0.2, 0.25) is 0 Å². The molecule has 3 nitrogen and oxygen atoms in total. The molecule has 0 fully saturated rings. The van der Waals surface area contributed by atoms with Crippen LogP contribution in [-0.2, 0) is 9.53 Å². The third-order valence-corrected chi connectivity index (χ3v) is 2.53. The third-order valence-electron chi connectivity index (χ3n) is 2.53. The van der Waals surface area contributed by atoms with Crippen molar-refractivity contribution in [3.05, 3.63) is 0 Å². The number of rotatable bonds is 6. The van der Waals surface area contributed by atoms with E-state index in [4.69, 9.17) is 9.84 Å². The molecule has 0 aromatic rings. The van der Waals surface area contributed by atoms with E-state index in [-0.39, 0.29) is 5.60 Å². The Morgan fingerprint density at radius 3 is 2.07 bits per heavy atom. The Labute approximate surface area is 86.5 Å². The summed E-state index contributed by atoms with van der Waals surface area (Å²) in [6.07, 6.45) is 2.16. The topological polar surface area (TPSA) is 46.5 Å². The highest BCUT2D eigenvalue weighted by molar-refractivity contribution is 5.76. The standard InChI is InChI=1S/C11H22O3/c1-6-8-11(5,9(12)13)14-10(3,4)7-2/h6-8H2,1-5H3,(H,12,13). The summed E-state index contributed by atoms with van der Waals surface area (Å²) in [5.41, 5.74) is -1.42. The van der Waals surface area contributed by atoms with Crippen molar-refractivity contribution in [2.24, 2.45) is 0 Å². The molecule has 1 unspecified atom stereocenters. The van der Waals surface area contributed by atoms with Gasteiger partial charge in [0.1, 0.15) is 0 Å². The molecule has 0 radical (unpaired) electrons. The zero-order chi connectivity index (χ0) is 11.4. The summed E-state index contributed by atoms with van der Waals surface area (Å²) >= 11 is 0. The van der Waals surface area contributed by atoms with Gasteiger partial charge < -0.3 is 9.84 Å². The third kappa shape index (κ3) is 3.66. The number of hydrogen-bond donors (Lipinski definition) is 1. The van der Waals surface area contributed by atoms with Crippen LogP contribution >= 0.6 is 0 Å². The second kappa shape index (κ2) is 4.78. The first-order chi connectivity index (χ1) is 6.27. The summed E-state index contributed by atoms with van der Waals surface area (Å²) < 4.78 is 5.68. The molecule has 84 valence electrons. The lowest BCUT2D eigenvalue weighted by Gasteiger charge is -2.35. The fourth-order valence-corrected chi connectivity index (χ4v) is 1.36. The first kappa shape index (κ1) is 13.4. The molecule has 0 aliphatic carbocycles. The van der Waals surface area contributed by atoms with E-state index in [1.165, 1.54) is 0 Å². The molecule has 0 saturated heterocycles. The molecule has 0 aromatic carbocycles. The number of carboxylic acids is 1. The minimum atomic E-state index is -1.05. The van der Waals surface area contributed by atoms with Gasteiger partial charge in [-0.2, -0.15) is 0 Å². The summed E-state index contributed by atoms with van der Waals surface area (Å²) in [6, 6.07) is 0. The summed E-state index contributed by atoms with van der Waals surface area (Å²) in [4.78, 5) is 11.1. The van der Waals surface area contributed by atoms with Crippen LogP contribution in [0.15, 0.2) is 0 Å². The monoisotopic (exact) mass is 202 g/mol. The van der Waals surface area contributed by atoms with E-state index in [0.29, 0.717) is 6.42 Å². The second-order valence-corrected chi connectivity index (χ2v) is 4.50. The van der Waals surface area contributed by atoms with Crippen LogP contribution in [0.1, 0.15) is 53.9 Å². The normalized spacial score (nSPS) is 16.4. The molecule has 0 amide bonds. The number of hydrogen-bond acceptors (Lipinski definition) is 2. The summed E-state index contributed by atoms with van der Waals surface area (Å²) in [5.74, 6) is -0.874. The van der Waals surface area contributed by atoms with Gasteiger partial charge in [0.2, 0.25) is 0 Å². The fourth-order valence-electron chi connectivity index (χ4n) is 1.36. The Hall–Kier alpha value is -0.570. The van der Waals surface area contributed by atoms with E-state index in [0.717, 1.165) is 12.8 Å². The van der Waals surface area contributed by atoms with Crippen molar-refractivity contribution in [2.45, 2.75) is 65.1 Å². The molecular formula is C11H22O3. The van der Waals surface area contributed by atoms with Gasteiger partial charge in [0.05, 0.1) is 5.60 Å². The van der Waals surface area contributed by atoms with Gasteiger partial charge in [-0.15, -0.1) is 0 Å². The van der Waals surface area contributed by atoms with Gasteiger partial charge >= 0.3 is 5.97 Å². The Bertz CT molecular complexity index is 199. The molecule has 1 N–H and O–H groups in total. The Morgan fingerprint density at radius 1 is 1.29 bits per heavy atom. The summed E-state index contributed by atoms with van der Waals surface area (Å²) in [6.45, 7) is 9.45. The van der Waals surface area contributed by atoms with Crippen LogP contribution in [0.25, 0.3) is 0 Å². The van der Waals surface area contributed by atoms with Crippen LogP contribution < -0.4 is 0 Å². The minimum Gasteiger partial charge on any atom is -0.479 e. The Kier molecular flexibility index (Phi) is 4.59. The summed E-state index contributed by atoms with van der Waals surface area (Å²) in [7, 11) is 0. The molecular weight excluding hydrogens is 180 g/mol. The van der Waals surface area contributed by atoms with E-state index in [1.54, 1.807) is 6.92 Å². The largest absolute Gasteiger partial charge is 0.479 e. The van der Waals surface area contributed by atoms with Gasteiger partial charge in [0.15, 0.2) is 5.60 Å². The predicted molar refractivity (Wildman–Crippen MR) is 56.4 cm³/mol. The molecule has 0 saturated carbocycles. The van der Waals surface area contributed by atoms with E-state index in [1.807, 2.05) is 27.7 Å². The van der Waals surface area contributed by atoms with Crippen LogP contribution in [0.4, 0.5) is 0 Å².